The fourth-order valence-corrected chi connectivity index (χ4v) is 1.74. The number of fused-ring (bicyclic) bond motifs is 1. The van der Waals surface area contributed by atoms with E-state index in [0.29, 0.717) is 13.2 Å². The number of hydrogen-bond donors (Lipinski definition) is 1. The number of aliphatic hydroxyl groups excluding tert-OH is 1. The lowest BCUT2D eigenvalue weighted by Crippen LogP contribution is -2.32. The first-order chi connectivity index (χ1) is 6.33. The van der Waals surface area contributed by atoms with E-state index >= 15 is 0 Å². The van der Waals surface area contributed by atoms with E-state index in [1.807, 2.05) is 0 Å². The minimum atomic E-state index is -0.524. The van der Waals surface area contributed by atoms with Gasteiger partial charge in [0.15, 0.2) is 0 Å². The van der Waals surface area contributed by atoms with Gasteiger partial charge in [-0.2, -0.15) is 0 Å². The third-order valence-electron chi connectivity index (χ3n) is 2.36. The van der Waals surface area contributed by atoms with Crippen LogP contribution in [0.15, 0.2) is 0 Å². The van der Waals surface area contributed by atoms with Gasteiger partial charge >= 0.3 is 0 Å². The zero-order chi connectivity index (χ0) is 9.26. The molecule has 0 unspecified atom stereocenters. The Balaban J connectivity index is 1.91. The van der Waals surface area contributed by atoms with E-state index in [1.165, 1.54) is 0 Å². The van der Waals surface area contributed by atoms with Crippen molar-refractivity contribution in [2.24, 2.45) is 0 Å². The highest BCUT2D eigenvalue weighted by Gasteiger charge is 2.47. The van der Waals surface area contributed by atoms with Crippen molar-refractivity contribution in [3.8, 4) is 12.3 Å². The molecule has 4 nitrogen and oxygen atoms in total. The molecule has 0 aliphatic carbocycles. The van der Waals surface area contributed by atoms with Gasteiger partial charge < -0.3 is 19.3 Å². The summed E-state index contributed by atoms with van der Waals surface area (Å²) in [6, 6.07) is 0. The van der Waals surface area contributed by atoms with Gasteiger partial charge in [0.1, 0.15) is 31.0 Å². The highest BCUT2D eigenvalue weighted by atomic mass is 16.6. The molecule has 0 amide bonds. The fraction of sp³-hybridized carbons (Fsp3) is 0.778. The molecule has 1 N–H and O–H groups in total. The third kappa shape index (κ3) is 1.56. The van der Waals surface area contributed by atoms with Crippen molar-refractivity contribution in [1.29, 1.82) is 0 Å². The first-order valence-electron chi connectivity index (χ1n) is 4.29. The summed E-state index contributed by atoms with van der Waals surface area (Å²) in [6.45, 7) is 1.04. The van der Waals surface area contributed by atoms with Crippen molar-refractivity contribution in [3.05, 3.63) is 0 Å². The van der Waals surface area contributed by atoms with Crippen molar-refractivity contribution < 1.29 is 19.3 Å². The summed E-state index contributed by atoms with van der Waals surface area (Å²) in [5, 5.41) is 9.40. The molecule has 0 radical (unpaired) electrons. The summed E-state index contributed by atoms with van der Waals surface area (Å²) in [5.41, 5.74) is 0. The Bertz CT molecular complexity index is 222. The maximum atomic E-state index is 9.40. The van der Waals surface area contributed by atoms with Crippen LogP contribution in [0.5, 0.6) is 0 Å². The molecule has 72 valence electrons. The van der Waals surface area contributed by atoms with Crippen molar-refractivity contribution in [1.82, 2.24) is 0 Å². The average Bonchev–Trinajstić information content (AvgIpc) is 2.67. The molecule has 4 atom stereocenters. The van der Waals surface area contributed by atoms with Crippen molar-refractivity contribution >= 4 is 0 Å². The molecule has 2 fully saturated rings. The minimum absolute atomic E-state index is 0.127. The maximum Gasteiger partial charge on any atom is 0.115 e. The Morgan fingerprint density at radius 3 is 2.92 bits per heavy atom. The van der Waals surface area contributed by atoms with Crippen LogP contribution in [0.1, 0.15) is 0 Å². The Kier molecular flexibility index (Phi) is 2.51. The molecular weight excluding hydrogens is 172 g/mol. The van der Waals surface area contributed by atoms with E-state index in [4.69, 9.17) is 20.6 Å². The molecule has 2 rings (SSSR count). The summed E-state index contributed by atoms with van der Waals surface area (Å²) in [6.07, 6.45) is 4.03. The van der Waals surface area contributed by atoms with Crippen LogP contribution in [-0.4, -0.2) is 49.3 Å². The van der Waals surface area contributed by atoms with Crippen LogP contribution in [0.2, 0.25) is 0 Å². The van der Waals surface area contributed by atoms with Crippen molar-refractivity contribution in [2.75, 3.05) is 19.8 Å². The molecule has 2 saturated heterocycles. The summed E-state index contributed by atoms with van der Waals surface area (Å²) in [4.78, 5) is 0. The molecule has 0 aromatic rings. The number of hydrogen-bond acceptors (Lipinski definition) is 4. The predicted molar refractivity (Wildman–Crippen MR) is 44.1 cm³/mol. The molecule has 0 spiro atoms. The van der Waals surface area contributed by atoms with Crippen molar-refractivity contribution in [2.45, 2.75) is 24.4 Å². The lowest BCUT2D eigenvalue weighted by Gasteiger charge is -2.14. The van der Waals surface area contributed by atoms with Crippen LogP contribution in [0.4, 0.5) is 0 Å². The SMILES string of the molecule is C#CCO[C@@H]1CO[C@H]2[C@H]1OC[C@H]2O. The second kappa shape index (κ2) is 3.64. The van der Waals surface area contributed by atoms with E-state index in [-0.39, 0.29) is 24.9 Å². The average molecular weight is 184 g/mol. The van der Waals surface area contributed by atoms with Crippen LogP contribution in [0, 0.1) is 12.3 Å². The van der Waals surface area contributed by atoms with Gasteiger partial charge in [0.2, 0.25) is 0 Å². The molecule has 2 heterocycles. The lowest BCUT2D eigenvalue weighted by molar-refractivity contribution is -0.0264. The number of ether oxygens (including phenoxy) is 3. The van der Waals surface area contributed by atoms with E-state index in [9.17, 15) is 5.11 Å². The molecule has 4 heteroatoms. The highest BCUT2D eigenvalue weighted by molar-refractivity contribution is 4.96. The zero-order valence-electron chi connectivity index (χ0n) is 7.18. The molecular formula is C9H12O4. The summed E-state index contributed by atoms with van der Waals surface area (Å²) >= 11 is 0. The monoisotopic (exact) mass is 184 g/mol. The molecule has 2 aliphatic heterocycles. The predicted octanol–water partition coefficient (Wildman–Crippen LogP) is -0.837. The second-order valence-corrected chi connectivity index (χ2v) is 3.22. The zero-order valence-corrected chi connectivity index (χ0v) is 7.18. The second-order valence-electron chi connectivity index (χ2n) is 3.22. The van der Waals surface area contributed by atoms with Gasteiger partial charge in [-0.3, -0.25) is 0 Å². The van der Waals surface area contributed by atoms with Crippen molar-refractivity contribution in [3.63, 3.8) is 0 Å². The lowest BCUT2D eigenvalue weighted by atomic mass is 10.1. The van der Waals surface area contributed by atoms with E-state index in [1.54, 1.807) is 0 Å². The van der Waals surface area contributed by atoms with Crippen LogP contribution in [0.3, 0.4) is 0 Å². The van der Waals surface area contributed by atoms with Crippen LogP contribution < -0.4 is 0 Å². The standard InChI is InChI=1S/C9H12O4/c1-2-3-11-7-5-13-8-6(10)4-12-9(7)8/h1,6-10H,3-5H2/t6-,7-,8-,9+/m1/s1. The summed E-state index contributed by atoms with van der Waals surface area (Å²) in [5.74, 6) is 2.39. The molecule has 0 bridgehead atoms. The van der Waals surface area contributed by atoms with E-state index in [2.05, 4.69) is 5.92 Å². The first kappa shape index (κ1) is 8.97. The van der Waals surface area contributed by atoms with Crippen LogP contribution >= 0.6 is 0 Å². The molecule has 2 aliphatic rings. The number of aliphatic hydroxyl groups is 1. The number of terminal acetylenes is 1. The quantitative estimate of drug-likeness (QED) is 0.569. The number of rotatable bonds is 2. The first-order valence-corrected chi connectivity index (χ1v) is 4.29. The van der Waals surface area contributed by atoms with Gasteiger partial charge in [-0.1, -0.05) is 5.92 Å². The normalized spacial score (nSPS) is 43.1. The Hall–Kier alpha value is -0.600. The summed E-state index contributed by atoms with van der Waals surface area (Å²) in [7, 11) is 0. The molecule has 0 aromatic heterocycles. The Labute approximate surface area is 76.8 Å². The van der Waals surface area contributed by atoms with Crippen LogP contribution in [-0.2, 0) is 14.2 Å². The fourth-order valence-electron chi connectivity index (χ4n) is 1.74. The van der Waals surface area contributed by atoms with Gasteiger partial charge in [-0.15, -0.1) is 6.42 Å². The van der Waals surface area contributed by atoms with Gasteiger partial charge in [-0.05, 0) is 0 Å². The topological polar surface area (TPSA) is 47.9 Å². The van der Waals surface area contributed by atoms with Gasteiger partial charge in [0.05, 0.1) is 13.2 Å². The summed E-state index contributed by atoms with van der Waals surface area (Å²) < 4.78 is 16.0. The third-order valence-corrected chi connectivity index (χ3v) is 2.36. The Morgan fingerprint density at radius 2 is 2.15 bits per heavy atom. The minimum Gasteiger partial charge on any atom is -0.388 e. The van der Waals surface area contributed by atoms with Gasteiger partial charge in [-0.25, -0.2) is 0 Å². The smallest absolute Gasteiger partial charge is 0.115 e. The Morgan fingerprint density at radius 1 is 1.38 bits per heavy atom. The van der Waals surface area contributed by atoms with Gasteiger partial charge in [0, 0.05) is 0 Å². The molecule has 13 heavy (non-hydrogen) atoms. The highest BCUT2D eigenvalue weighted by Crippen LogP contribution is 2.28. The largest absolute Gasteiger partial charge is 0.388 e. The van der Waals surface area contributed by atoms with E-state index < -0.39 is 6.10 Å². The molecule has 0 saturated carbocycles. The van der Waals surface area contributed by atoms with Crippen LogP contribution in [0.25, 0.3) is 0 Å². The van der Waals surface area contributed by atoms with E-state index in [0.717, 1.165) is 0 Å². The molecule has 0 aromatic carbocycles. The maximum absolute atomic E-state index is 9.40. The van der Waals surface area contributed by atoms with Gasteiger partial charge in [0.25, 0.3) is 0 Å².